The maximum absolute atomic E-state index is 13.3. The zero-order valence-electron chi connectivity index (χ0n) is 24.9. The average Bonchev–Trinajstić information content (AvgIpc) is 3.55. The van der Waals surface area contributed by atoms with Gasteiger partial charge in [0.2, 0.25) is 0 Å². The number of thiophene rings is 1. The molecule has 0 radical (unpaired) electrons. The van der Waals surface area contributed by atoms with Gasteiger partial charge in [-0.05, 0) is 69.9 Å². The predicted octanol–water partition coefficient (Wildman–Crippen LogP) is 4.19. The molecule has 0 bridgehead atoms. The molecule has 4 aromatic rings. The Morgan fingerprint density at radius 3 is 2.67 bits per heavy atom. The Morgan fingerprint density at radius 2 is 1.98 bits per heavy atom. The Bertz CT molecular complexity index is 1840. The van der Waals surface area contributed by atoms with Crippen LogP contribution in [0.2, 0.25) is 0 Å². The van der Waals surface area contributed by atoms with Crippen molar-refractivity contribution >= 4 is 33.1 Å². The van der Waals surface area contributed by atoms with Crippen LogP contribution in [0.15, 0.2) is 46.1 Å². The van der Waals surface area contributed by atoms with Gasteiger partial charge >= 0.3 is 5.69 Å². The van der Waals surface area contributed by atoms with Crippen molar-refractivity contribution in [2.24, 2.45) is 0 Å². The second kappa shape index (κ2) is 10.7. The summed E-state index contributed by atoms with van der Waals surface area (Å²) in [5.41, 5.74) is 5.44. The molecule has 0 amide bonds. The third-order valence-electron chi connectivity index (χ3n) is 8.55. The molecule has 0 saturated carbocycles. The number of anilines is 2. The number of fused-ring (bicyclic) bond motifs is 2. The molecule has 1 saturated heterocycles. The van der Waals surface area contributed by atoms with Crippen LogP contribution >= 0.6 is 11.3 Å². The van der Waals surface area contributed by atoms with E-state index in [1.165, 1.54) is 21.9 Å². The predicted molar refractivity (Wildman–Crippen MR) is 170 cm³/mol. The first kappa shape index (κ1) is 28.2. The van der Waals surface area contributed by atoms with Crippen molar-refractivity contribution in [2.75, 3.05) is 37.0 Å². The topological polar surface area (TPSA) is 99.2 Å². The van der Waals surface area contributed by atoms with Gasteiger partial charge in [-0.15, -0.1) is 11.3 Å². The molecule has 218 valence electrons. The molecular weight excluding hydrogens is 546 g/mol. The van der Waals surface area contributed by atoms with Gasteiger partial charge in [-0.2, -0.15) is 5.26 Å². The van der Waals surface area contributed by atoms with Gasteiger partial charge < -0.3 is 15.1 Å². The van der Waals surface area contributed by atoms with Gasteiger partial charge in [0.25, 0.3) is 5.56 Å². The maximum Gasteiger partial charge on any atom is 0.332 e. The molecule has 1 aromatic carbocycles. The van der Waals surface area contributed by atoms with E-state index < -0.39 is 0 Å². The van der Waals surface area contributed by atoms with Crippen molar-refractivity contribution in [1.82, 2.24) is 19.4 Å². The fraction of sp³-hybridized carbons (Fsp3) is 0.438. The zero-order valence-corrected chi connectivity index (χ0v) is 25.7. The van der Waals surface area contributed by atoms with Gasteiger partial charge in [0.05, 0.1) is 28.4 Å². The number of hydrogen-bond donors (Lipinski definition) is 1. The summed E-state index contributed by atoms with van der Waals surface area (Å²) in [6.07, 6.45) is 4.87. The molecule has 10 heteroatoms. The summed E-state index contributed by atoms with van der Waals surface area (Å²) in [6.45, 7) is 8.97. The van der Waals surface area contributed by atoms with E-state index in [1.807, 2.05) is 45.4 Å². The molecule has 6 rings (SSSR count). The number of benzene rings is 1. The highest BCUT2D eigenvalue weighted by molar-refractivity contribution is 7.19. The highest BCUT2D eigenvalue weighted by atomic mass is 32.1. The molecule has 1 fully saturated rings. The maximum atomic E-state index is 13.3. The first-order chi connectivity index (χ1) is 20.1. The second-order valence-electron chi connectivity index (χ2n) is 12.2. The van der Waals surface area contributed by atoms with Crippen LogP contribution in [0.3, 0.4) is 0 Å². The zero-order chi connectivity index (χ0) is 29.8. The number of nitriles is 1. The van der Waals surface area contributed by atoms with Crippen LogP contribution in [-0.2, 0) is 19.5 Å². The molecule has 5 heterocycles. The van der Waals surface area contributed by atoms with Crippen LogP contribution < -0.4 is 26.4 Å². The van der Waals surface area contributed by atoms with Crippen molar-refractivity contribution in [3.05, 3.63) is 73.4 Å². The van der Waals surface area contributed by atoms with Crippen LogP contribution in [-0.4, -0.2) is 52.9 Å². The minimum absolute atomic E-state index is 0.0841. The van der Waals surface area contributed by atoms with Gasteiger partial charge in [-0.3, -0.25) is 18.9 Å². The van der Waals surface area contributed by atoms with Gasteiger partial charge in [0.1, 0.15) is 5.82 Å². The lowest BCUT2D eigenvalue weighted by Crippen LogP contribution is -2.41. The first-order valence-corrected chi connectivity index (χ1v) is 15.4. The summed E-state index contributed by atoms with van der Waals surface area (Å²) in [7, 11) is 3.66. The molecule has 2 aliphatic heterocycles. The Hall–Kier alpha value is -3.94. The molecule has 3 aromatic heterocycles. The standard InChI is InChI=1S/C32H37N7O2S/c1-6-37-27(36(4)5)15-28(40)39(31(37)41)19-23-14-26-30(42-23)24(9-10-34-26)25-13-20(17-33)12-21-8-7-11-38(29(21)25)22-16-32(2,3)35-18-22/h9-10,12-15,22,35H,6-8,11,16,18-19H2,1-5H3/t22-/m0/s1. The van der Waals surface area contributed by atoms with Crippen molar-refractivity contribution < 1.29 is 0 Å². The average molecular weight is 584 g/mol. The number of rotatable bonds is 6. The Morgan fingerprint density at radius 1 is 1.17 bits per heavy atom. The molecule has 9 nitrogen and oxygen atoms in total. The van der Waals surface area contributed by atoms with Crippen LogP contribution in [0.5, 0.6) is 0 Å². The monoisotopic (exact) mass is 583 g/mol. The third-order valence-corrected chi connectivity index (χ3v) is 9.69. The minimum Gasteiger partial charge on any atom is -0.366 e. The van der Waals surface area contributed by atoms with Gasteiger partial charge in [-0.25, -0.2) is 4.79 Å². The van der Waals surface area contributed by atoms with Crippen molar-refractivity contribution in [2.45, 2.75) is 64.7 Å². The van der Waals surface area contributed by atoms with E-state index in [-0.39, 0.29) is 23.3 Å². The van der Waals surface area contributed by atoms with Crippen LogP contribution in [0.1, 0.15) is 49.6 Å². The van der Waals surface area contributed by atoms with Crippen molar-refractivity contribution in [1.29, 1.82) is 5.26 Å². The normalized spacial score (nSPS) is 17.8. The van der Waals surface area contributed by atoms with Gasteiger partial charge in [0, 0.05) is 79.3 Å². The number of aromatic nitrogens is 3. The van der Waals surface area contributed by atoms with Crippen molar-refractivity contribution in [3.63, 3.8) is 0 Å². The molecule has 0 aliphatic carbocycles. The summed E-state index contributed by atoms with van der Waals surface area (Å²) in [5.74, 6) is 0.594. The van der Waals surface area contributed by atoms with Crippen LogP contribution in [0.4, 0.5) is 11.5 Å². The highest BCUT2D eigenvalue weighted by Gasteiger charge is 2.36. The van der Waals surface area contributed by atoms with E-state index in [4.69, 9.17) is 0 Å². The van der Waals surface area contributed by atoms with E-state index in [1.54, 1.807) is 20.8 Å². The quantitative estimate of drug-likeness (QED) is 0.364. The number of nitrogens with zero attached hydrogens (tertiary/aromatic N) is 6. The summed E-state index contributed by atoms with van der Waals surface area (Å²) in [5, 5.41) is 13.6. The Balaban J connectivity index is 1.47. The Kier molecular flexibility index (Phi) is 7.19. The minimum atomic E-state index is -0.321. The Labute approximate surface area is 249 Å². The SMILES string of the molecule is CCn1c(N(C)C)cc(=O)n(Cc2cc3nccc(-c4cc(C#N)cc5c4N([C@@H]4CNC(C)(C)C4)CCC5)c3s2)c1=O. The number of aryl methyl sites for hydroxylation is 1. The lowest BCUT2D eigenvalue weighted by molar-refractivity contribution is 0.450. The fourth-order valence-electron chi connectivity index (χ4n) is 6.61. The lowest BCUT2D eigenvalue weighted by Gasteiger charge is -2.38. The van der Waals surface area contributed by atoms with E-state index in [2.05, 4.69) is 41.2 Å². The smallest absolute Gasteiger partial charge is 0.332 e. The molecule has 1 N–H and O–H groups in total. The second-order valence-corrected chi connectivity index (χ2v) is 13.3. The lowest BCUT2D eigenvalue weighted by atomic mass is 9.90. The van der Waals surface area contributed by atoms with E-state index in [9.17, 15) is 14.9 Å². The third kappa shape index (κ3) is 4.91. The summed E-state index contributed by atoms with van der Waals surface area (Å²) < 4.78 is 3.91. The fourth-order valence-corrected chi connectivity index (χ4v) is 7.74. The molecule has 0 spiro atoms. The van der Waals surface area contributed by atoms with E-state index in [0.29, 0.717) is 24.0 Å². The molecule has 1 atom stereocenters. The van der Waals surface area contributed by atoms with E-state index >= 15 is 0 Å². The molecule has 42 heavy (non-hydrogen) atoms. The van der Waals surface area contributed by atoms with Crippen LogP contribution in [0.25, 0.3) is 21.3 Å². The first-order valence-electron chi connectivity index (χ1n) is 14.6. The molecule has 2 aliphatic rings. The number of nitrogens with one attached hydrogen (secondary N) is 1. The number of pyridine rings is 1. The highest BCUT2D eigenvalue weighted by Crippen LogP contribution is 2.44. The summed E-state index contributed by atoms with van der Waals surface area (Å²) in [4.78, 5) is 36.3. The van der Waals surface area contributed by atoms with Crippen LogP contribution in [0, 0.1) is 11.3 Å². The molecular formula is C32H37N7O2S. The van der Waals surface area contributed by atoms with Crippen molar-refractivity contribution in [3.8, 4) is 17.2 Å². The molecule has 0 unspecified atom stereocenters. The number of hydrogen-bond acceptors (Lipinski definition) is 8. The van der Waals surface area contributed by atoms with Gasteiger partial charge in [0.15, 0.2) is 0 Å². The van der Waals surface area contributed by atoms with E-state index in [0.717, 1.165) is 58.6 Å². The largest absolute Gasteiger partial charge is 0.366 e. The summed E-state index contributed by atoms with van der Waals surface area (Å²) in [6, 6.07) is 12.4. The summed E-state index contributed by atoms with van der Waals surface area (Å²) >= 11 is 1.56. The van der Waals surface area contributed by atoms with Gasteiger partial charge in [-0.1, -0.05) is 0 Å².